The van der Waals surface area contributed by atoms with Gasteiger partial charge in [0.25, 0.3) is 0 Å². The smallest absolute Gasteiger partial charge is 0.0515 e. The van der Waals surface area contributed by atoms with Crippen molar-refractivity contribution in [3.05, 3.63) is 23.3 Å². The van der Waals surface area contributed by atoms with E-state index in [4.69, 9.17) is 5.11 Å². The molecule has 0 aliphatic rings. The summed E-state index contributed by atoms with van der Waals surface area (Å²) in [6.45, 7) is 8.40. The maximum absolute atomic E-state index is 9.11. The summed E-state index contributed by atoms with van der Waals surface area (Å²) in [5.74, 6) is 0. The monoisotopic (exact) mass is 210 g/mol. The zero-order chi connectivity index (χ0) is 11.7. The van der Waals surface area contributed by atoms with Crippen molar-refractivity contribution >= 4 is 0 Å². The van der Waals surface area contributed by atoms with E-state index in [9.17, 15) is 0 Å². The fourth-order valence-electron chi connectivity index (χ4n) is 1.36. The highest BCUT2D eigenvalue weighted by atomic mass is 16.3. The Balaban J connectivity index is 3.68. The fourth-order valence-corrected chi connectivity index (χ4v) is 1.36. The Labute approximate surface area is 94.9 Å². The van der Waals surface area contributed by atoms with Crippen LogP contribution >= 0.6 is 0 Å². The van der Waals surface area contributed by atoms with E-state index in [0.29, 0.717) is 0 Å². The minimum absolute atomic E-state index is 0.170. The van der Waals surface area contributed by atoms with Gasteiger partial charge in [0.15, 0.2) is 0 Å². The average Bonchev–Trinajstić information content (AvgIpc) is 2.17. The third-order valence-electron chi connectivity index (χ3n) is 2.67. The molecule has 0 spiro atoms. The van der Waals surface area contributed by atoms with Crippen LogP contribution in [0.4, 0.5) is 0 Å². The van der Waals surface area contributed by atoms with Crippen molar-refractivity contribution in [1.29, 1.82) is 0 Å². The topological polar surface area (TPSA) is 20.2 Å². The number of allylic oxidation sites excluding steroid dienone is 4. The lowest BCUT2D eigenvalue weighted by atomic mass is 10.1. The molecule has 1 heteroatoms. The first-order valence-corrected chi connectivity index (χ1v) is 6.05. The lowest BCUT2D eigenvalue weighted by molar-refractivity contribution is 0.186. The molecule has 0 fully saturated rings. The first-order chi connectivity index (χ1) is 7.06. The van der Waals surface area contributed by atoms with Crippen LogP contribution in [-0.4, -0.2) is 11.2 Å². The lowest BCUT2D eigenvalue weighted by Gasteiger charge is -2.02. The normalized spacial score (nSPS) is 15.5. The van der Waals surface area contributed by atoms with Crippen LogP contribution in [0.3, 0.4) is 0 Å². The molecule has 1 nitrogen and oxygen atoms in total. The largest absolute Gasteiger partial charge is 0.393 e. The number of hydrogen-bond acceptors (Lipinski definition) is 1. The third-order valence-corrected chi connectivity index (χ3v) is 2.67. The van der Waals surface area contributed by atoms with Crippen molar-refractivity contribution < 1.29 is 5.11 Å². The van der Waals surface area contributed by atoms with E-state index in [1.165, 1.54) is 11.1 Å². The summed E-state index contributed by atoms with van der Waals surface area (Å²) in [7, 11) is 0. The number of hydrogen-bond donors (Lipinski definition) is 1. The number of aliphatic hydroxyl groups is 1. The summed E-state index contributed by atoms with van der Waals surface area (Å²) in [6, 6.07) is 0. The first-order valence-electron chi connectivity index (χ1n) is 6.05. The van der Waals surface area contributed by atoms with Crippen molar-refractivity contribution in [3.63, 3.8) is 0 Å². The van der Waals surface area contributed by atoms with E-state index < -0.39 is 0 Å². The zero-order valence-electron chi connectivity index (χ0n) is 10.7. The molecule has 1 N–H and O–H groups in total. The highest BCUT2D eigenvalue weighted by Crippen LogP contribution is 2.10. The van der Waals surface area contributed by atoms with E-state index in [1.807, 2.05) is 6.92 Å². The summed E-state index contributed by atoms with van der Waals surface area (Å²) in [5.41, 5.74) is 2.92. The minimum Gasteiger partial charge on any atom is -0.393 e. The maximum atomic E-state index is 9.11. The average molecular weight is 210 g/mol. The molecule has 88 valence electrons. The molecule has 0 heterocycles. The Bertz CT molecular complexity index is 211. The molecule has 0 saturated heterocycles. The number of rotatable bonds is 7. The molecule has 0 radical (unpaired) electrons. The highest BCUT2D eigenvalue weighted by molar-refractivity contribution is 5.03. The predicted octanol–water partition coefficient (Wildman–Crippen LogP) is 4.23. The summed E-state index contributed by atoms with van der Waals surface area (Å²) in [4.78, 5) is 0. The van der Waals surface area contributed by atoms with Gasteiger partial charge in [0.2, 0.25) is 0 Å². The Kier molecular flexibility index (Phi) is 8.40. The molecule has 0 aliphatic carbocycles. The van der Waals surface area contributed by atoms with Crippen LogP contribution in [0.15, 0.2) is 23.3 Å². The van der Waals surface area contributed by atoms with Crippen LogP contribution < -0.4 is 0 Å². The van der Waals surface area contributed by atoms with Gasteiger partial charge in [0, 0.05) is 0 Å². The standard InChI is InChI=1S/C14H26O/c1-5-12(2)8-6-9-13(3)10-7-11-14(4)15/h8,10,14-15H,5-7,9,11H2,1-4H3. The first kappa shape index (κ1) is 14.4. The van der Waals surface area contributed by atoms with E-state index >= 15 is 0 Å². The van der Waals surface area contributed by atoms with Crippen molar-refractivity contribution in [2.45, 2.75) is 65.9 Å². The molecule has 0 aromatic rings. The summed E-state index contributed by atoms with van der Waals surface area (Å²) < 4.78 is 0. The van der Waals surface area contributed by atoms with Crippen LogP contribution in [0, 0.1) is 0 Å². The molecule has 0 aromatic heterocycles. The van der Waals surface area contributed by atoms with Gasteiger partial charge in [-0.05, 0) is 52.9 Å². The van der Waals surface area contributed by atoms with Crippen molar-refractivity contribution in [2.24, 2.45) is 0 Å². The van der Waals surface area contributed by atoms with Gasteiger partial charge in [-0.25, -0.2) is 0 Å². The maximum Gasteiger partial charge on any atom is 0.0515 e. The Morgan fingerprint density at radius 3 is 2.27 bits per heavy atom. The lowest BCUT2D eigenvalue weighted by Crippen LogP contribution is -1.97. The molecule has 0 rings (SSSR count). The Morgan fingerprint density at radius 1 is 1.13 bits per heavy atom. The van der Waals surface area contributed by atoms with Gasteiger partial charge in [0.1, 0.15) is 0 Å². The van der Waals surface area contributed by atoms with Crippen molar-refractivity contribution in [2.75, 3.05) is 0 Å². The van der Waals surface area contributed by atoms with E-state index in [0.717, 1.165) is 32.1 Å². The van der Waals surface area contributed by atoms with Crippen LogP contribution in [0.1, 0.15) is 59.8 Å². The molecule has 0 aliphatic heterocycles. The van der Waals surface area contributed by atoms with Crippen molar-refractivity contribution in [3.8, 4) is 0 Å². The van der Waals surface area contributed by atoms with Crippen molar-refractivity contribution in [1.82, 2.24) is 0 Å². The minimum atomic E-state index is -0.170. The summed E-state index contributed by atoms with van der Waals surface area (Å²) in [6.07, 6.45) is 9.74. The van der Waals surface area contributed by atoms with Gasteiger partial charge in [-0.15, -0.1) is 0 Å². The summed E-state index contributed by atoms with van der Waals surface area (Å²) in [5, 5.41) is 9.11. The highest BCUT2D eigenvalue weighted by Gasteiger charge is 1.94. The van der Waals surface area contributed by atoms with E-state index in [1.54, 1.807) is 0 Å². The van der Waals surface area contributed by atoms with Crippen LogP contribution in [0.5, 0.6) is 0 Å². The quantitative estimate of drug-likeness (QED) is 0.623. The van der Waals surface area contributed by atoms with E-state index in [-0.39, 0.29) is 6.10 Å². The second kappa shape index (κ2) is 8.72. The SMILES string of the molecule is CCC(C)=CCCC(C)=CCCC(C)O. The fraction of sp³-hybridized carbons (Fsp3) is 0.714. The van der Waals surface area contributed by atoms with Gasteiger partial charge >= 0.3 is 0 Å². The van der Waals surface area contributed by atoms with Gasteiger partial charge in [-0.2, -0.15) is 0 Å². The summed E-state index contributed by atoms with van der Waals surface area (Å²) >= 11 is 0. The molecule has 0 saturated carbocycles. The van der Waals surface area contributed by atoms with Gasteiger partial charge in [0.05, 0.1) is 6.10 Å². The molecule has 0 aromatic carbocycles. The van der Waals surface area contributed by atoms with Gasteiger partial charge < -0.3 is 5.11 Å². The third kappa shape index (κ3) is 9.74. The van der Waals surface area contributed by atoms with Gasteiger partial charge in [-0.1, -0.05) is 30.2 Å². The predicted molar refractivity (Wildman–Crippen MR) is 68.0 cm³/mol. The molecule has 0 bridgehead atoms. The number of aliphatic hydroxyl groups excluding tert-OH is 1. The molecule has 0 amide bonds. The van der Waals surface area contributed by atoms with Crippen LogP contribution in [-0.2, 0) is 0 Å². The second-order valence-electron chi connectivity index (χ2n) is 4.42. The molecule has 1 atom stereocenters. The van der Waals surface area contributed by atoms with Crippen LogP contribution in [0.2, 0.25) is 0 Å². The second-order valence-corrected chi connectivity index (χ2v) is 4.42. The molecular weight excluding hydrogens is 184 g/mol. The van der Waals surface area contributed by atoms with Crippen LogP contribution in [0.25, 0.3) is 0 Å². The molecule has 15 heavy (non-hydrogen) atoms. The molecule has 1 unspecified atom stereocenters. The zero-order valence-corrected chi connectivity index (χ0v) is 10.7. The Morgan fingerprint density at radius 2 is 1.73 bits per heavy atom. The van der Waals surface area contributed by atoms with Gasteiger partial charge in [-0.3, -0.25) is 0 Å². The molecular formula is C14H26O. The van der Waals surface area contributed by atoms with E-state index in [2.05, 4.69) is 32.9 Å². The Hall–Kier alpha value is -0.560.